The van der Waals surface area contributed by atoms with Crippen LogP contribution in [0.1, 0.15) is 5.56 Å². The van der Waals surface area contributed by atoms with Crippen molar-refractivity contribution >= 4 is 17.7 Å². The first-order valence-electron chi connectivity index (χ1n) is 7.08. The first-order valence-corrected chi connectivity index (χ1v) is 7.08. The highest BCUT2D eigenvalue weighted by molar-refractivity contribution is 6.09. The van der Waals surface area contributed by atoms with Gasteiger partial charge in [0, 0.05) is 17.3 Å². The van der Waals surface area contributed by atoms with Gasteiger partial charge in [-0.2, -0.15) is 5.26 Å². The van der Waals surface area contributed by atoms with Crippen molar-refractivity contribution in [3.63, 3.8) is 0 Å². The third-order valence-corrected chi connectivity index (χ3v) is 3.26. The van der Waals surface area contributed by atoms with Crippen LogP contribution in [0.2, 0.25) is 0 Å². The summed E-state index contributed by atoms with van der Waals surface area (Å²) >= 11 is 0. The number of halogens is 2. The molecule has 0 radical (unpaired) electrons. The minimum atomic E-state index is -0.765. The van der Waals surface area contributed by atoms with Gasteiger partial charge in [-0.05, 0) is 36.4 Å². The molecule has 0 heterocycles. The normalized spacial score (nSPS) is 10.8. The largest absolute Gasteiger partial charge is 0.493 e. The van der Waals surface area contributed by atoms with E-state index in [1.54, 1.807) is 18.2 Å². The summed E-state index contributed by atoms with van der Waals surface area (Å²) in [6.07, 6.45) is 0.981. The number of hydrogen-bond donors (Lipinski definition) is 1. The van der Waals surface area contributed by atoms with Gasteiger partial charge in [0.05, 0.1) is 14.2 Å². The number of nitrogens with zero attached hydrogens (tertiary/aromatic N) is 1. The molecule has 0 atom stereocenters. The Hall–Kier alpha value is -3.40. The van der Waals surface area contributed by atoms with Gasteiger partial charge in [0.25, 0.3) is 5.91 Å². The number of nitrogens with one attached hydrogen (secondary N) is 1. The van der Waals surface area contributed by atoms with Crippen LogP contribution in [-0.2, 0) is 4.79 Å². The molecule has 0 fully saturated rings. The monoisotopic (exact) mass is 344 g/mol. The molecule has 1 N–H and O–H groups in total. The second kappa shape index (κ2) is 7.93. The molecule has 0 saturated heterocycles. The molecule has 128 valence electrons. The van der Waals surface area contributed by atoms with Gasteiger partial charge in [0.2, 0.25) is 0 Å². The van der Waals surface area contributed by atoms with Gasteiger partial charge in [-0.25, -0.2) is 8.78 Å². The Morgan fingerprint density at radius 3 is 2.48 bits per heavy atom. The van der Waals surface area contributed by atoms with E-state index in [1.165, 1.54) is 20.3 Å². The summed E-state index contributed by atoms with van der Waals surface area (Å²) < 4.78 is 37.1. The molecule has 2 rings (SSSR count). The fourth-order valence-corrected chi connectivity index (χ4v) is 2.04. The van der Waals surface area contributed by atoms with Crippen LogP contribution in [-0.4, -0.2) is 20.1 Å². The summed E-state index contributed by atoms with van der Waals surface area (Å²) in [5.74, 6) is -1.32. The molecule has 0 aromatic heterocycles. The zero-order chi connectivity index (χ0) is 18.4. The smallest absolute Gasteiger partial charge is 0.266 e. The number of rotatable bonds is 5. The third-order valence-electron chi connectivity index (χ3n) is 3.26. The van der Waals surface area contributed by atoms with Crippen LogP contribution in [0, 0.1) is 23.0 Å². The van der Waals surface area contributed by atoms with E-state index in [0.717, 1.165) is 24.3 Å². The highest BCUT2D eigenvalue weighted by atomic mass is 19.1. The van der Waals surface area contributed by atoms with Crippen LogP contribution >= 0.6 is 0 Å². The number of ether oxygens (including phenoxy) is 2. The molecule has 2 aromatic rings. The minimum absolute atomic E-state index is 0.195. The van der Waals surface area contributed by atoms with Crippen LogP contribution in [0.3, 0.4) is 0 Å². The standard InChI is InChI=1S/C18H14F2N2O3/c1-24-16-6-4-14(9-17(16)25-2)22-18(23)12(10-21)7-11-8-13(19)3-5-15(11)20/h3-9H,1-2H3,(H,22,23)/b12-7+. The van der Waals surface area contributed by atoms with Crippen molar-refractivity contribution in [2.45, 2.75) is 0 Å². The molecule has 0 spiro atoms. The van der Waals surface area contributed by atoms with E-state index >= 15 is 0 Å². The summed E-state index contributed by atoms with van der Waals surface area (Å²) in [6.45, 7) is 0. The second-order valence-electron chi connectivity index (χ2n) is 4.86. The summed E-state index contributed by atoms with van der Waals surface area (Å²) in [4.78, 5) is 12.2. The van der Waals surface area contributed by atoms with E-state index in [2.05, 4.69) is 5.32 Å². The lowest BCUT2D eigenvalue weighted by molar-refractivity contribution is -0.112. The number of amides is 1. The average molecular weight is 344 g/mol. The highest BCUT2D eigenvalue weighted by Gasteiger charge is 2.13. The van der Waals surface area contributed by atoms with E-state index < -0.39 is 17.5 Å². The van der Waals surface area contributed by atoms with Crippen LogP contribution < -0.4 is 14.8 Å². The Morgan fingerprint density at radius 2 is 1.84 bits per heavy atom. The molecule has 2 aromatic carbocycles. The topological polar surface area (TPSA) is 71.3 Å². The van der Waals surface area contributed by atoms with Gasteiger partial charge in [-0.15, -0.1) is 0 Å². The van der Waals surface area contributed by atoms with Crippen LogP contribution in [0.5, 0.6) is 11.5 Å². The molecule has 25 heavy (non-hydrogen) atoms. The molecule has 0 aliphatic rings. The number of benzene rings is 2. The summed E-state index contributed by atoms with van der Waals surface area (Å²) in [6, 6.07) is 9.08. The van der Waals surface area contributed by atoms with E-state index in [-0.39, 0.29) is 11.1 Å². The SMILES string of the molecule is COc1ccc(NC(=O)/C(C#N)=C/c2cc(F)ccc2F)cc1OC. The molecular formula is C18H14F2N2O3. The molecule has 0 unspecified atom stereocenters. The summed E-state index contributed by atoms with van der Waals surface area (Å²) in [5, 5.41) is 11.6. The zero-order valence-electron chi connectivity index (χ0n) is 13.5. The lowest BCUT2D eigenvalue weighted by Crippen LogP contribution is -2.13. The zero-order valence-corrected chi connectivity index (χ0v) is 13.5. The number of carbonyl (C=O) groups is 1. The Balaban J connectivity index is 2.28. The van der Waals surface area contributed by atoms with Gasteiger partial charge < -0.3 is 14.8 Å². The molecule has 7 heteroatoms. The average Bonchev–Trinajstić information content (AvgIpc) is 2.62. The molecule has 0 aliphatic heterocycles. The molecule has 0 aliphatic carbocycles. The molecule has 5 nitrogen and oxygen atoms in total. The van der Waals surface area contributed by atoms with Gasteiger partial charge in [-0.1, -0.05) is 0 Å². The maximum Gasteiger partial charge on any atom is 0.266 e. The Labute approximate surface area is 143 Å². The third kappa shape index (κ3) is 4.32. The van der Waals surface area contributed by atoms with Crippen molar-refractivity contribution < 1.29 is 23.0 Å². The number of hydrogen-bond acceptors (Lipinski definition) is 4. The van der Waals surface area contributed by atoms with Crippen LogP contribution in [0.4, 0.5) is 14.5 Å². The van der Waals surface area contributed by atoms with Crippen molar-refractivity contribution in [2.24, 2.45) is 0 Å². The fourth-order valence-electron chi connectivity index (χ4n) is 2.04. The quantitative estimate of drug-likeness (QED) is 0.665. The second-order valence-corrected chi connectivity index (χ2v) is 4.86. The van der Waals surface area contributed by atoms with Crippen molar-refractivity contribution in [3.8, 4) is 17.6 Å². The van der Waals surface area contributed by atoms with Crippen molar-refractivity contribution in [2.75, 3.05) is 19.5 Å². The predicted molar refractivity (Wildman–Crippen MR) is 88.1 cm³/mol. The summed E-state index contributed by atoms with van der Waals surface area (Å²) in [5.41, 5.74) is -0.221. The van der Waals surface area contributed by atoms with E-state index in [1.807, 2.05) is 0 Å². The number of methoxy groups -OCH3 is 2. The maximum absolute atomic E-state index is 13.7. The molecule has 0 saturated carbocycles. The van der Waals surface area contributed by atoms with Crippen molar-refractivity contribution in [1.82, 2.24) is 0 Å². The van der Waals surface area contributed by atoms with E-state index in [9.17, 15) is 13.6 Å². The Kier molecular flexibility index (Phi) is 5.69. The van der Waals surface area contributed by atoms with Gasteiger partial charge in [-0.3, -0.25) is 4.79 Å². The maximum atomic E-state index is 13.7. The van der Waals surface area contributed by atoms with E-state index in [0.29, 0.717) is 17.2 Å². The lowest BCUT2D eigenvalue weighted by Gasteiger charge is -2.10. The number of carbonyl (C=O) groups excluding carboxylic acids is 1. The minimum Gasteiger partial charge on any atom is -0.493 e. The van der Waals surface area contributed by atoms with Gasteiger partial charge >= 0.3 is 0 Å². The Bertz CT molecular complexity index is 873. The van der Waals surface area contributed by atoms with Crippen molar-refractivity contribution in [1.29, 1.82) is 5.26 Å². The van der Waals surface area contributed by atoms with Gasteiger partial charge in [0.1, 0.15) is 23.3 Å². The van der Waals surface area contributed by atoms with E-state index in [4.69, 9.17) is 14.7 Å². The molecular weight excluding hydrogens is 330 g/mol. The van der Waals surface area contributed by atoms with Gasteiger partial charge in [0.15, 0.2) is 11.5 Å². The first kappa shape index (κ1) is 17.9. The predicted octanol–water partition coefficient (Wildman–Crippen LogP) is 3.53. The Morgan fingerprint density at radius 1 is 1.12 bits per heavy atom. The number of anilines is 1. The first-order chi connectivity index (χ1) is 12.0. The highest BCUT2D eigenvalue weighted by Crippen LogP contribution is 2.30. The molecule has 1 amide bonds. The number of nitriles is 1. The van der Waals surface area contributed by atoms with Crippen LogP contribution in [0.25, 0.3) is 6.08 Å². The van der Waals surface area contributed by atoms with Crippen LogP contribution in [0.15, 0.2) is 42.0 Å². The fraction of sp³-hybridized carbons (Fsp3) is 0.111. The molecule has 0 bridgehead atoms. The van der Waals surface area contributed by atoms with Crippen molar-refractivity contribution in [3.05, 3.63) is 59.2 Å². The summed E-state index contributed by atoms with van der Waals surface area (Å²) in [7, 11) is 2.91. The lowest BCUT2D eigenvalue weighted by atomic mass is 10.1.